The predicted octanol–water partition coefficient (Wildman–Crippen LogP) is 2.00. The van der Waals surface area contributed by atoms with Crippen LogP contribution in [0.4, 0.5) is 0 Å². The summed E-state index contributed by atoms with van der Waals surface area (Å²) in [5.74, 6) is 0.567. The normalized spacial score (nSPS) is 20.5. The van der Waals surface area contributed by atoms with Crippen LogP contribution < -0.4 is 5.32 Å². The van der Waals surface area contributed by atoms with Crippen molar-refractivity contribution in [3.05, 3.63) is 35.4 Å². The Kier molecular flexibility index (Phi) is 2.28. The molecule has 0 unspecified atom stereocenters. The van der Waals surface area contributed by atoms with Gasteiger partial charge in [-0.3, -0.25) is 4.79 Å². The van der Waals surface area contributed by atoms with E-state index in [0.29, 0.717) is 5.92 Å². The first-order valence-electron chi connectivity index (χ1n) is 5.07. The van der Waals surface area contributed by atoms with Crippen molar-refractivity contribution < 1.29 is 4.79 Å². The van der Waals surface area contributed by atoms with Crippen molar-refractivity contribution in [2.24, 2.45) is 5.92 Å². The summed E-state index contributed by atoms with van der Waals surface area (Å²) in [6.45, 7) is 4.28. The molecule has 1 atom stereocenters. The lowest BCUT2D eigenvalue weighted by Gasteiger charge is -2.28. The lowest BCUT2D eigenvalue weighted by Crippen LogP contribution is -2.44. The van der Waals surface area contributed by atoms with E-state index in [-0.39, 0.29) is 11.9 Å². The topological polar surface area (TPSA) is 29.1 Å². The molecule has 14 heavy (non-hydrogen) atoms. The molecule has 1 heterocycles. The van der Waals surface area contributed by atoms with Crippen LogP contribution in [0.15, 0.2) is 24.3 Å². The molecule has 74 valence electrons. The van der Waals surface area contributed by atoms with E-state index >= 15 is 0 Å². The Morgan fingerprint density at radius 2 is 2.07 bits per heavy atom. The van der Waals surface area contributed by atoms with Crippen LogP contribution in [0.5, 0.6) is 0 Å². The molecular formula is C12H15NO. The largest absolute Gasteiger partial charge is 0.349 e. The first kappa shape index (κ1) is 9.25. The highest BCUT2D eigenvalue weighted by atomic mass is 16.1. The molecule has 0 saturated carbocycles. The van der Waals surface area contributed by atoms with Crippen molar-refractivity contribution in [2.75, 3.05) is 0 Å². The fourth-order valence-corrected chi connectivity index (χ4v) is 1.86. The summed E-state index contributed by atoms with van der Waals surface area (Å²) in [7, 11) is 0. The number of benzene rings is 1. The van der Waals surface area contributed by atoms with Crippen LogP contribution in [0.3, 0.4) is 0 Å². The van der Waals surface area contributed by atoms with Crippen molar-refractivity contribution in [1.82, 2.24) is 5.32 Å². The molecule has 0 aliphatic carbocycles. The van der Waals surface area contributed by atoms with Gasteiger partial charge in [-0.2, -0.15) is 0 Å². The Balaban J connectivity index is 2.33. The van der Waals surface area contributed by atoms with Crippen LogP contribution in [-0.2, 0) is 6.42 Å². The Bertz CT molecular complexity index is 357. The van der Waals surface area contributed by atoms with Crippen molar-refractivity contribution in [3.63, 3.8) is 0 Å². The molecule has 1 aromatic carbocycles. The molecule has 1 amide bonds. The summed E-state index contributed by atoms with van der Waals surface area (Å²) in [6, 6.07) is 8.13. The molecule has 1 aliphatic rings. The molecule has 2 nitrogen and oxygen atoms in total. The van der Waals surface area contributed by atoms with Gasteiger partial charge in [-0.25, -0.2) is 0 Å². The molecule has 2 rings (SSSR count). The van der Waals surface area contributed by atoms with Crippen molar-refractivity contribution in [1.29, 1.82) is 0 Å². The molecule has 1 N–H and O–H groups in total. The molecule has 0 radical (unpaired) electrons. The van der Waals surface area contributed by atoms with Crippen LogP contribution in [0, 0.1) is 5.92 Å². The second kappa shape index (κ2) is 3.45. The van der Waals surface area contributed by atoms with Crippen LogP contribution in [0.1, 0.15) is 29.8 Å². The average Bonchev–Trinajstić information content (AvgIpc) is 2.17. The smallest absolute Gasteiger partial charge is 0.251 e. The molecule has 0 saturated heterocycles. The van der Waals surface area contributed by atoms with E-state index in [9.17, 15) is 4.79 Å². The van der Waals surface area contributed by atoms with Gasteiger partial charge in [-0.05, 0) is 24.0 Å². The van der Waals surface area contributed by atoms with Crippen molar-refractivity contribution in [2.45, 2.75) is 26.3 Å². The standard InChI is InChI=1S/C12H15NO/c1-8(2)11-7-9-5-3-4-6-10(9)12(14)13-11/h3-6,8,11H,7H2,1-2H3,(H,13,14)/t11-/m1/s1. The van der Waals surface area contributed by atoms with E-state index in [1.165, 1.54) is 5.56 Å². The minimum absolute atomic E-state index is 0.0746. The lowest BCUT2D eigenvalue weighted by molar-refractivity contribution is 0.0912. The second-order valence-electron chi connectivity index (χ2n) is 4.19. The third-order valence-corrected chi connectivity index (χ3v) is 2.82. The van der Waals surface area contributed by atoms with Gasteiger partial charge in [0.2, 0.25) is 0 Å². The number of nitrogens with one attached hydrogen (secondary N) is 1. The van der Waals surface area contributed by atoms with E-state index in [1.807, 2.05) is 24.3 Å². The fourth-order valence-electron chi connectivity index (χ4n) is 1.86. The Morgan fingerprint density at radius 3 is 2.79 bits per heavy atom. The van der Waals surface area contributed by atoms with Crippen LogP contribution in [0.2, 0.25) is 0 Å². The Morgan fingerprint density at radius 1 is 1.36 bits per heavy atom. The first-order valence-corrected chi connectivity index (χ1v) is 5.07. The van der Waals surface area contributed by atoms with E-state index in [0.717, 1.165) is 12.0 Å². The maximum absolute atomic E-state index is 11.7. The number of carbonyl (C=O) groups excluding carboxylic acids is 1. The third kappa shape index (κ3) is 1.52. The minimum Gasteiger partial charge on any atom is -0.349 e. The molecule has 1 aromatic rings. The average molecular weight is 189 g/mol. The molecule has 0 fully saturated rings. The van der Waals surface area contributed by atoms with Crippen molar-refractivity contribution >= 4 is 5.91 Å². The highest BCUT2D eigenvalue weighted by Gasteiger charge is 2.25. The van der Waals surface area contributed by atoms with Gasteiger partial charge in [-0.15, -0.1) is 0 Å². The van der Waals surface area contributed by atoms with Gasteiger partial charge >= 0.3 is 0 Å². The molecule has 2 heteroatoms. The summed E-state index contributed by atoms with van der Waals surface area (Å²) >= 11 is 0. The summed E-state index contributed by atoms with van der Waals surface area (Å²) in [6.07, 6.45) is 0.958. The summed E-state index contributed by atoms with van der Waals surface area (Å²) in [5, 5.41) is 3.03. The van der Waals surface area contributed by atoms with E-state index in [1.54, 1.807) is 0 Å². The van der Waals surface area contributed by atoms with E-state index in [4.69, 9.17) is 0 Å². The van der Waals surface area contributed by atoms with Gasteiger partial charge in [0.05, 0.1) is 0 Å². The highest BCUT2D eigenvalue weighted by Crippen LogP contribution is 2.19. The molecule has 0 aromatic heterocycles. The van der Waals surface area contributed by atoms with Crippen LogP contribution >= 0.6 is 0 Å². The SMILES string of the molecule is CC(C)[C@H]1Cc2ccccc2C(=O)N1. The molecule has 1 aliphatic heterocycles. The number of amides is 1. The molecular weight excluding hydrogens is 174 g/mol. The third-order valence-electron chi connectivity index (χ3n) is 2.82. The zero-order chi connectivity index (χ0) is 10.1. The van der Waals surface area contributed by atoms with E-state index < -0.39 is 0 Å². The highest BCUT2D eigenvalue weighted by molar-refractivity contribution is 5.96. The fraction of sp³-hybridized carbons (Fsp3) is 0.417. The Hall–Kier alpha value is -1.31. The second-order valence-corrected chi connectivity index (χ2v) is 4.19. The predicted molar refractivity (Wildman–Crippen MR) is 56.2 cm³/mol. The summed E-state index contributed by atoms with van der Waals surface area (Å²) in [5.41, 5.74) is 2.01. The number of rotatable bonds is 1. The maximum Gasteiger partial charge on any atom is 0.251 e. The lowest BCUT2D eigenvalue weighted by atomic mass is 9.89. The molecule has 0 spiro atoms. The zero-order valence-electron chi connectivity index (χ0n) is 8.58. The number of hydrogen-bond donors (Lipinski definition) is 1. The van der Waals surface area contributed by atoms with Gasteiger partial charge < -0.3 is 5.32 Å². The van der Waals surface area contributed by atoms with E-state index in [2.05, 4.69) is 19.2 Å². The van der Waals surface area contributed by atoms with Crippen LogP contribution in [0.25, 0.3) is 0 Å². The quantitative estimate of drug-likeness (QED) is 0.719. The monoisotopic (exact) mass is 189 g/mol. The number of carbonyl (C=O) groups is 1. The summed E-state index contributed by atoms with van der Waals surface area (Å²) in [4.78, 5) is 11.7. The maximum atomic E-state index is 11.7. The van der Waals surface area contributed by atoms with Gasteiger partial charge in [0.15, 0.2) is 0 Å². The summed E-state index contributed by atoms with van der Waals surface area (Å²) < 4.78 is 0. The zero-order valence-corrected chi connectivity index (χ0v) is 8.58. The van der Waals surface area contributed by atoms with Crippen molar-refractivity contribution in [3.8, 4) is 0 Å². The first-order chi connectivity index (χ1) is 6.68. The van der Waals surface area contributed by atoms with Gasteiger partial charge in [0, 0.05) is 11.6 Å². The van der Waals surface area contributed by atoms with Crippen LogP contribution in [-0.4, -0.2) is 11.9 Å². The minimum atomic E-state index is 0.0746. The van der Waals surface area contributed by atoms with Gasteiger partial charge in [0.1, 0.15) is 0 Å². The Labute approximate surface area is 84.3 Å². The van der Waals surface area contributed by atoms with Gasteiger partial charge in [-0.1, -0.05) is 32.0 Å². The number of fused-ring (bicyclic) bond motifs is 1. The van der Waals surface area contributed by atoms with Gasteiger partial charge in [0.25, 0.3) is 5.91 Å². The number of hydrogen-bond acceptors (Lipinski definition) is 1. The molecule has 0 bridgehead atoms.